The molecule has 88 valence electrons. The molecule has 5 nitrogen and oxygen atoms in total. The lowest BCUT2D eigenvalue weighted by Crippen LogP contribution is -2.39. The van der Waals surface area contributed by atoms with Crippen molar-refractivity contribution in [2.24, 2.45) is 7.05 Å². The summed E-state index contributed by atoms with van der Waals surface area (Å²) in [6, 6.07) is 3.40. The number of hydrogen-bond acceptors (Lipinski definition) is 3. The molecule has 0 aliphatic heterocycles. The van der Waals surface area contributed by atoms with E-state index in [-0.39, 0.29) is 0 Å². The maximum atomic E-state index is 11.6. The Morgan fingerprint density at radius 3 is 2.65 bits per heavy atom. The van der Waals surface area contributed by atoms with Crippen molar-refractivity contribution in [2.45, 2.75) is 6.54 Å². The van der Waals surface area contributed by atoms with Crippen LogP contribution in [0.5, 0.6) is 0 Å². The van der Waals surface area contributed by atoms with Gasteiger partial charge < -0.3 is 9.13 Å². The Morgan fingerprint density at radius 1 is 1.24 bits per heavy atom. The number of aromatic nitrogens is 3. The third-order valence-corrected chi connectivity index (χ3v) is 2.60. The first-order chi connectivity index (χ1) is 8.08. The van der Waals surface area contributed by atoms with Gasteiger partial charge in [-0.3, -0.25) is 9.59 Å². The van der Waals surface area contributed by atoms with E-state index >= 15 is 0 Å². The average Bonchev–Trinajstić information content (AvgIpc) is 2.33. The van der Waals surface area contributed by atoms with Crippen LogP contribution in [0.25, 0.3) is 0 Å². The summed E-state index contributed by atoms with van der Waals surface area (Å²) in [6.07, 6.45) is 4.69. The van der Waals surface area contributed by atoms with Gasteiger partial charge in [0, 0.05) is 25.6 Å². The monoisotopic (exact) mass is 251 g/mol. The van der Waals surface area contributed by atoms with Gasteiger partial charge in [-0.25, -0.2) is 4.98 Å². The topological polar surface area (TPSA) is 56.9 Å². The first-order valence-electron chi connectivity index (χ1n) is 4.94. The summed E-state index contributed by atoms with van der Waals surface area (Å²) in [5.41, 5.74) is -0.288. The third kappa shape index (κ3) is 2.45. The minimum absolute atomic E-state index is 0.305. The van der Waals surface area contributed by atoms with Crippen LogP contribution in [0.3, 0.4) is 0 Å². The van der Waals surface area contributed by atoms with Crippen molar-refractivity contribution in [3.8, 4) is 0 Å². The van der Waals surface area contributed by atoms with Crippen molar-refractivity contribution in [3.63, 3.8) is 0 Å². The van der Waals surface area contributed by atoms with Crippen molar-refractivity contribution < 1.29 is 0 Å². The van der Waals surface area contributed by atoms with Gasteiger partial charge in [0.2, 0.25) is 0 Å². The van der Waals surface area contributed by atoms with Crippen LogP contribution in [-0.2, 0) is 13.6 Å². The Morgan fingerprint density at radius 2 is 2.00 bits per heavy atom. The van der Waals surface area contributed by atoms with Gasteiger partial charge in [0.1, 0.15) is 5.15 Å². The van der Waals surface area contributed by atoms with Crippen LogP contribution in [0.2, 0.25) is 5.15 Å². The molecule has 0 amide bonds. The molecule has 0 aliphatic rings. The van der Waals surface area contributed by atoms with Crippen LogP contribution < -0.4 is 11.1 Å². The summed E-state index contributed by atoms with van der Waals surface area (Å²) in [6.45, 7) is 0.305. The van der Waals surface area contributed by atoms with E-state index in [1.807, 2.05) is 0 Å². The summed E-state index contributed by atoms with van der Waals surface area (Å²) in [5.74, 6) is 0. The maximum Gasteiger partial charge on any atom is 0.316 e. The van der Waals surface area contributed by atoms with E-state index in [4.69, 9.17) is 11.6 Å². The van der Waals surface area contributed by atoms with Crippen molar-refractivity contribution >= 4 is 11.6 Å². The van der Waals surface area contributed by atoms with Crippen LogP contribution >= 0.6 is 11.6 Å². The fourth-order valence-corrected chi connectivity index (χ4v) is 1.52. The molecule has 2 rings (SSSR count). The smallest absolute Gasteiger partial charge is 0.312 e. The Bertz CT molecular complexity index is 643. The van der Waals surface area contributed by atoms with Gasteiger partial charge in [0.05, 0.1) is 6.54 Å². The summed E-state index contributed by atoms with van der Waals surface area (Å²) in [4.78, 5) is 27.0. The highest BCUT2D eigenvalue weighted by atomic mass is 35.5. The summed E-state index contributed by atoms with van der Waals surface area (Å²) in [7, 11) is 1.54. The molecule has 2 aromatic rings. The SMILES string of the molecule is Cn1ccn(Cc2ccc(Cl)nc2)c(=O)c1=O. The molecule has 0 saturated heterocycles. The van der Waals surface area contributed by atoms with Crippen LogP contribution in [0, 0.1) is 0 Å². The highest BCUT2D eigenvalue weighted by Crippen LogP contribution is 2.05. The molecular weight excluding hydrogens is 242 g/mol. The lowest BCUT2D eigenvalue weighted by Gasteiger charge is -2.05. The van der Waals surface area contributed by atoms with Gasteiger partial charge in [-0.2, -0.15) is 0 Å². The zero-order valence-corrected chi connectivity index (χ0v) is 9.89. The molecule has 0 aliphatic carbocycles. The maximum absolute atomic E-state index is 11.6. The van der Waals surface area contributed by atoms with E-state index in [0.717, 1.165) is 5.56 Å². The Labute approximate surface area is 102 Å². The molecule has 0 unspecified atom stereocenters. The zero-order valence-electron chi connectivity index (χ0n) is 9.13. The van der Waals surface area contributed by atoms with Gasteiger partial charge in [0.25, 0.3) is 0 Å². The van der Waals surface area contributed by atoms with Crippen molar-refractivity contribution in [1.29, 1.82) is 0 Å². The molecular formula is C11H10ClN3O2. The quantitative estimate of drug-likeness (QED) is 0.582. The largest absolute Gasteiger partial charge is 0.316 e. The predicted molar refractivity (Wildman–Crippen MR) is 64.3 cm³/mol. The lowest BCUT2D eigenvalue weighted by atomic mass is 10.3. The van der Waals surface area contributed by atoms with Gasteiger partial charge in [0.15, 0.2) is 0 Å². The van der Waals surface area contributed by atoms with E-state index in [2.05, 4.69) is 4.98 Å². The third-order valence-electron chi connectivity index (χ3n) is 2.38. The van der Waals surface area contributed by atoms with E-state index in [0.29, 0.717) is 11.7 Å². The second kappa shape index (κ2) is 4.55. The molecule has 2 aromatic heterocycles. The van der Waals surface area contributed by atoms with Gasteiger partial charge >= 0.3 is 11.1 Å². The Kier molecular flexibility index (Phi) is 3.10. The van der Waals surface area contributed by atoms with Gasteiger partial charge in [-0.15, -0.1) is 0 Å². The van der Waals surface area contributed by atoms with E-state index in [9.17, 15) is 9.59 Å². The average molecular weight is 252 g/mol. The summed E-state index contributed by atoms with van der Waals surface area (Å²) < 4.78 is 2.59. The molecule has 6 heteroatoms. The van der Waals surface area contributed by atoms with Crippen LogP contribution in [0.1, 0.15) is 5.56 Å². The standard InChI is InChI=1S/C11H10ClN3O2/c1-14-4-5-15(11(17)10(14)16)7-8-2-3-9(12)13-6-8/h2-6H,7H2,1H3. The number of aryl methyl sites for hydroxylation is 1. The molecule has 0 radical (unpaired) electrons. The molecule has 0 spiro atoms. The zero-order chi connectivity index (χ0) is 12.4. The van der Waals surface area contributed by atoms with Gasteiger partial charge in [-0.05, 0) is 11.6 Å². The molecule has 0 atom stereocenters. The van der Waals surface area contributed by atoms with Gasteiger partial charge in [-0.1, -0.05) is 17.7 Å². The first kappa shape index (κ1) is 11.6. The van der Waals surface area contributed by atoms with Crippen molar-refractivity contribution in [1.82, 2.24) is 14.1 Å². The van der Waals surface area contributed by atoms with Crippen LogP contribution in [-0.4, -0.2) is 14.1 Å². The molecule has 17 heavy (non-hydrogen) atoms. The van der Waals surface area contributed by atoms with Crippen LogP contribution in [0.15, 0.2) is 40.3 Å². The summed E-state index contributed by atoms with van der Waals surface area (Å²) in [5, 5.41) is 0.394. The molecule has 0 N–H and O–H groups in total. The van der Waals surface area contributed by atoms with Crippen LogP contribution in [0.4, 0.5) is 0 Å². The normalized spacial score (nSPS) is 10.5. The number of nitrogens with zero attached hydrogens (tertiary/aromatic N) is 3. The number of pyridine rings is 1. The highest BCUT2D eigenvalue weighted by Gasteiger charge is 2.03. The molecule has 2 heterocycles. The minimum Gasteiger partial charge on any atom is -0.312 e. The second-order valence-corrected chi connectivity index (χ2v) is 4.02. The Balaban J connectivity index is 2.37. The van der Waals surface area contributed by atoms with Crippen molar-refractivity contribution in [2.75, 3.05) is 0 Å². The minimum atomic E-state index is -0.551. The first-order valence-corrected chi connectivity index (χ1v) is 5.32. The van der Waals surface area contributed by atoms with E-state index in [1.165, 1.54) is 16.2 Å². The number of rotatable bonds is 2. The highest BCUT2D eigenvalue weighted by molar-refractivity contribution is 6.29. The van der Waals surface area contributed by atoms with E-state index < -0.39 is 11.1 Å². The fourth-order valence-electron chi connectivity index (χ4n) is 1.41. The Hall–Kier alpha value is -1.88. The van der Waals surface area contributed by atoms with Crippen molar-refractivity contribution in [3.05, 3.63) is 62.1 Å². The lowest BCUT2D eigenvalue weighted by molar-refractivity contribution is 0.693. The molecule has 0 bridgehead atoms. The molecule has 0 fully saturated rings. The number of hydrogen-bond donors (Lipinski definition) is 0. The molecule has 0 aromatic carbocycles. The number of halogens is 1. The summed E-state index contributed by atoms with van der Waals surface area (Å²) >= 11 is 5.66. The van der Waals surface area contributed by atoms with E-state index in [1.54, 1.807) is 30.7 Å². The fraction of sp³-hybridized carbons (Fsp3) is 0.182. The second-order valence-electron chi connectivity index (χ2n) is 3.64. The predicted octanol–water partition coefficient (Wildman–Crippen LogP) is 0.644. The molecule has 0 saturated carbocycles.